The van der Waals surface area contributed by atoms with Gasteiger partial charge in [0, 0.05) is 28.6 Å². The van der Waals surface area contributed by atoms with Crippen LogP contribution in [-0.2, 0) is 0 Å². The fraction of sp³-hybridized carbons (Fsp3) is 0.235. The van der Waals surface area contributed by atoms with Crippen LogP contribution in [0, 0.1) is 6.92 Å². The van der Waals surface area contributed by atoms with E-state index in [9.17, 15) is 4.79 Å². The highest BCUT2D eigenvalue weighted by Crippen LogP contribution is 2.30. The first kappa shape index (κ1) is 16.4. The van der Waals surface area contributed by atoms with Gasteiger partial charge in [-0.25, -0.2) is 4.79 Å². The molecule has 0 heterocycles. The minimum absolute atomic E-state index is 0.0741. The van der Waals surface area contributed by atoms with Gasteiger partial charge in [0.05, 0.1) is 0 Å². The van der Waals surface area contributed by atoms with Crippen molar-refractivity contribution >= 4 is 23.5 Å². The molecule has 2 aromatic carbocycles. The quantitative estimate of drug-likeness (QED) is 0.713. The SMILES string of the molecule is Cc1cc(Sc2ccccc2)ccc1NC(=O)NCCCO. The van der Waals surface area contributed by atoms with E-state index in [1.54, 1.807) is 11.8 Å². The standard InChI is InChI=1S/C17H20N2O2S/c1-13-12-15(22-14-6-3-2-4-7-14)8-9-16(13)19-17(21)18-10-5-11-20/h2-4,6-9,12,20H,5,10-11H2,1H3,(H2,18,19,21). The summed E-state index contributed by atoms with van der Waals surface area (Å²) >= 11 is 1.69. The molecule has 0 aromatic heterocycles. The highest BCUT2D eigenvalue weighted by atomic mass is 32.2. The van der Waals surface area contributed by atoms with Gasteiger partial charge in [0.2, 0.25) is 0 Å². The number of rotatable bonds is 6. The number of carbonyl (C=O) groups excluding carboxylic acids is 1. The first-order chi connectivity index (χ1) is 10.7. The molecule has 3 N–H and O–H groups in total. The Kier molecular flexibility index (Phi) is 6.30. The van der Waals surface area contributed by atoms with E-state index < -0.39 is 0 Å². The number of nitrogens with one attached hydrogen (secondary N) is 2. The first-order valence-corrected chi connectivity index (χ1v) is 8.00. The third-order valence-electron chi connectivity index (χ3n) is 3.05. The maximum Gasteiger partial charge on any atom is 0.319 e. The maximum absolute atomic E-state index is 11.7. The zero-order valence-corrected chi connectivity index (χ0v) is 13.3. The van der Waals surface area contributed by atoms with Crippen LogP contribution >= 0.6 is 11.8 Å². The lowest BCUT2D eigenvalue weighted by Crippen LogP contribution is -2.30. The number of aliphatic hydroxyl groups excluding tert-OH is 1. The second kappa shape index (κ2) is 8.46. The Bertz CT molecular complexity index is 617. The molecule has 0 radical (unpaired) electrons. The Morgan fingerprint density at radius 3 is 2.59 bits per heavy atom. The summed E-state index contributed by atoms with van der Waals surface area (Å²) in [6.45, 7) is 2.51. The Morgan fingerprint density at radius 2 is 1.91 bits per heavy atom. The van der Waals surface area contributed by atoms with Crippen LogP contribution in [0.3, 0.4) is 0 Å². The molecule has 0 saturated carbocycles. The van der Waals surface area contributed by atoms with E-state index in [0.29, 0.717) is 13.0 Å². The molecule has 0 aliphatic heterocycles. The van der Waals surface area contributed by atoms with Gasteiger partial charge in [-0.1, -0.05) is 30.0 Å². The molecule has 4 nitrogen and oxygen atoms in total. The molecule has 0 aliphatic rings. The minimum Gasteiger partial charge on any atom is -0.396 e. The summed E-state index contributed by atoms with van der Waals surface area (Å²) in [5.74, 6) is 0. The zero-order chi connectivity index (χ0) is 15.8. The van der Waals surface area contributed by atoms with E-state index in [0.717, 1.165) is 16.1 Å². The Morgan fingerprint density at radius 1 is 1.14 bits per heavy atom. The second-order valence-electron chi connectivity index (χ2n) is 4.85. The third-order valence-corrected chi connectivity index (χ3v) is 4.04. The van der Waals surface area contributed by atoms with Gasteiger partial charge < -0.3 is 15.7 Å². The molecule has 116 valence electrons. The van der Waals surface area contributed by atoms with Gasteiger partial charge >= 0.3 is 6.03 Å². The number of benzene rings is 2. The molecular formula is C17H20N2O2S. The number of aryl methyl sites for hydroxylation is 1. The number of anilines is 1. The second-order valence-corrected chi connectivity index (χ2v) is 6.00. The predicted molar refractivity (Wildman–Crippen MR) is 90.5 cm³/mol. The molecule has 2 aromatic rings. The molecule has 5 heteroatoms. The van der Waals surface area contributed by atoms with Crippen LogP contribution in [-0.4, -0.2) is 24.3 Å². The summed E-state index contributed by atoms with van der Waals surface area (Å²) in [5, 5.41) is 14.2. The number of amides is 2. The van der Waals surface area contributed by atoms with E-state index in [1.807, 2.05) is 37.3 Å². The Labute approximate surface area is 134 Å². The van der Waals surface area contributed by atoms with Crippen LogP contribution < -0.4 is 10.6 Å². The minimum atomic E-state index is -0.250. The number of aliphatic hydroxyl groups is 1. The molecule has 2 amide bonds. The van der Waals surface area contributed by atoms with E-state index >= 15 is 0 Å². The first-order valence-electron chi connectivity index (χ1n) is 7.18. The summed E-state index contributed by atoms with van der Waals surface area (Å²) in [5.41, 5.74) is 1.80. The highest BCUT2D eigenvalue weighted by Gasteiger charge is 2.05. The fourth-order valence-electron chi connectivity index (χ4n) is 1.91. The molecule has 22 heavy (non-hydrogen) atoms. The van der Waals surface area contributed by atoms with Crippen molar-refractivity contribution in [2.75, 3.05) is 18.5 Å². The van der Waals surface area contributed by atoms with Crippen molar-refractivity contribution in [2.45, 2.75) is 23.1 Å². The van der Waals surface area contributed by atoms with Gasteiger partial charge in [-0.2, -0.15) is 0 Å². The van der Waals surface area contributed by atoms with E-state index in [4.69, 9.17) is 5.11 Å². The number of urea groups is 1. The molecule has 0 saturated heterocycles. The largest absolute Gasteiger partial charge is 0.396 e. The summed E-state index contributed by atoms with van der Waals surface area (Å²) < 4.78 is 0. The lowest BCUT2D eigenvalue weighted by molar-refractivity contribution is 0.249. The molecule has 0 atom stereocenters. The van der Waals surface area contributed by atoms with Crippen molar-refractivity contribution in [1.82, 2.24) is 5.32 Å². The topological polar surface area (TPSA) is 61.4 Å². The third kappa shape index (κ3) is 5.09. The summed E-state index contributed by atoms with van der Waals surface area (Å²) in [6.07, 6.45) is 0.555. The van der Waals surface area contributed by atoms with Crippen LogP contribution in [0.5, 0.6) is 0 Å². The number of carbonyl (C=O) groups is 1. The maximum atomic E-state index is 11.7. The molecule has 0 fully saturated rings. The van der Waals surface area contributed by atoms with Crippen LogP contribution in [0.1, 0.15) is 12.0 Å². The average molecular weight is 316 g/mol. The van der Waals surface area contributed by atoms with Crippen LogP contribution in [0.4, 0.5) is 10.5 Å². The van der Waals surface area contributed by atoms with Gasteiger partial charge in [-0.3, -0.25) is 0 Å². The molecule has 2 rings (SSSR count). The van der Waals surface area contributed by atoms with Crippen molar-refractivity contribution in [1.29, 1.82) is 0 Å². The Balaban J connectivity index is 1.96. The van der Waals surface area contributed by atoms with Crippen LogP contribution in [0.2, 0.25) is 0 Å². The van der Waals surface area contributed by atoms with Crippen molar-refractivity contribution in [3.63, 3.8) is 0 Å². The summed E-state index contributed by atoms with van der Waals surface area (Å²) in [7, 11) is 0. The van der Waals surface area contributed by atoms with Gasteiger partial charge in [0.25, 0.3) is 0 Å². The van der Waals surface area contributed by atoms with Crippen LogP contribution in [0.25, 0.3) is 0 Å². The molecule has 0 spiro atoms. The van der Waals surface area contributed by atoms with E-state index in [2.05, 4.69) is 28.8 Å². The molecule has 0 bridgehead atoms. The highest BCUT2D eigenvalue weighted by molar-refractivity contribution is 7.99. The van der Waals surface area contributed by atoms with Crippen molar-refractivity contribution in [3.8, 4) is 0 Å². The van der Waals surface area contributed by atoms with Crippen molar-refractivity contribution in [2.24, 2.45) is 0 Å². The average Bonchev–Trinajstić information content (AvgIpc) is 2.51. The summed E-state index contributed by atoms with van der Waals surface area (Å²) in [4.78, 5) is 14.0. The summed E-state index contributed by atoms with van der Waals surface area (Å²) in [6, 6.07) is 15.9. The van der Waals surface area contributed by atoms with Crippen LogP contribution in [0.15, 0.2) is 58.3 Å². The van der Waals surface area contributed by atoms with Crippen molar-refractivity contribution in [3.05, 3.63) is 54.1 Å². The van der Waals surface area contributed by atoms with Gasteiger partial charge in [0.15, 0.2) is 0 Å². The van der Waals surface area contributed by atoms with Crippen molar-refractivity contribution < 1.29 is 9.90 Å². The zero-order valence-electron chi connectivity index (χ0n) is 12.5. The van der Waals surface area contributed by atoms with E-state index in [-0.39, 0.29) is 12.6 Å². The lowest BCUT2D eigenvalue weighted by Gasteiger charge is -2.11. The number of hydrogen-bond acceptors (Lipinski definition) is 3. The van der Waals surface area contributed by atoms with Gasteiger partial charge in [-0.15, -0.1) is 0 Å². The molecule has 0 unspecified atom stereocenters. The lowest BCUT2D eigenvalue weighted by atomic mass is 10.2. The van der Waals surface area contributed by atoms with Gasteiger partial charge in [0.1, 0.15) is 0 Å². The normalized spacial score (nSPS) is 10.3. The number of hydrogen-bond donors (Lipinski definition) is 3. The fourth-order valence-corrected chi connectivity index (χ4v) is 2.85. The molecular weight excluding hydrogens is 296 g/mol. The van der Waals surface area contributed by atoms with E-state index in [1.165, 1.54) is 4.90 Å². The predicted octanol–water partition coefficient (Wildman–Crippen LogP) is 3.65. The monoisotopic (exact) mass is 316 g/mol. The Hall–Kier alpha value is -1.98. The van der Waals surface area contributed by atoms with Gasteiger partial charge in [-0.05, 0) is 49.2 Å². The smallest absolute Gasteiger partial charge is 0.319 e. The molecule has 0 aliphatic carbocycles.